The van der Waals surface area contributed by atoms with Crippen LogP contribution in [0.25, 0.3) is 0 Å². The molecule has 0 saturated carbocycles. The van der Waals surface area contributed by atoms with Crippen LogP contribution < -0.4 is 5.32 Å². The average molecular weight is 262 g/mol. The highest BCUT2D eigenvalue weighted by Crippen LogP contribution is 2.25. The lowest BCUT2D eigenvalue weighted by atomic mass is 10.00. The zero-order valence-electron chi connectivity index (χ0n) is 11.0. The number of aromatic nitrogens is 1. The Kier molecular flexibility index (Phi) is 4.22. The molecule has 19 heavy (non-hydrogen) atoms. The molecule has 2 nitrogen and oxygen atoms in total. The fourth-order valence-electron chi connectivity index (χ4n) is 2.05. The van der Waals surface area contributed by atoms with E-state index in [1.165, 1.54) is 24.4 Å². The van der Waals surface area contributed by atoms with E-state index in [1.807, 2.05) is 13.8 Å². The lowest BCUT2D eigenvalue weighted by molar-refractivity contribution is 0.518. The molecule has 1 atom stereocenters. The smallest absolute Gasteiger partial charge is 0.146 e. The summed E-state index contributed by atoms with van der Waals surface area (Å²) in [7, 11) is 0. The summed E-state index contributed by atoms with van der Waals surface area (Å²) < 4.78 is 27.8. The van der Waals surface area contributed by atoms with E-state index >= 15 is 0 Å². The van der Waals surface area contributed by atoms with Crippen LogP contribution in [0.2, 0.25) is 0 Å². The number of aryl methyl sites for hydroxylation is 1. The van der Waals surface area contributed by atoms with Gasteiger partial charge in [-0.1, -0.05) is 24.6 Å². The Bertz CT molecular complexity index is 570. The molecule has 0 fully saturated rings. The number of nitrogens with zero attached hydrogens (tertiary/aromatic N) is 1. The summed E-state index contributed by atoms with van der Waals surface area (Å²) in [6, 6.07) is 7.09. The highest BCUT2D eigenvalue weighted by atomic mass is 19.1. The van der Waals surface area contributed by atoms with Gasteiger partial charge in [0, 0.05) is 11.8 Å². The quantitative estimate of drug-likeness (QED) is 0.913. The van der Waals surface area contributed by atoms with Gasteiger partial charge < -0.3 is 5.32 Å². The van der Waals surface area contributed by atoms with Gasteiger partial charge in [0.1, 0.15) is 11.6 Å². The lowest BCUT2D eigenvalue weighted by Gasteiger charge is -2.19. The van der Waals surface area contributed by atoms with Crippen molar-refractivity contribution in [3.05, 3.63) is 65.0 Å². The Labute approximate surface area is 111 Å². The molecule has 2 rings (SSSR count). The van der Waals surface area contributed by atoms with Gasteiger partial charge in [0.05, 0.1) is 11.7 Å². The second-order valence-corrected chi connectivity index (χ2v) is 4.39. The number of benzene rings is 1. The largest absolute Gasteiger partial charge is 0.305 e. The third-order valence-electron chi connectivity index (χ3n) is 2.93. The number of rotatable bonds is 4. The van der Waals surface area contributed by atoms with Gasteiger partial charge >= 0.3 is 0 Å². The van der Waals surface area contributed by atoms with E-state index in [0.717, 1.165) is 5.56 Å². The molecule has 2 aromatic rings. The average Bonchev–Trinajstić information content (AvgIpc) is 2.40. The van der Waals surface area contributed by atoms with Crippen molar-refractivity contribution < 1.29 is 8.78 Å². The molecule has 0 aliphatic rings. The van der Waals surface area contributed by atoms with Crippen LogP contribution in [0.1, 0.15) is 29.8 Å². The zero-order valence-corrected chi connectivity index (χ0v) is 11.0. The van der Waals surface area contributed by atoms with Crippen LogP contribution in [0.3, 0.4) is 0 Å². The molecule has 1 unspecified atom stereocenters. The molecule has 0 spiro atoms. The van der Waals surface area contributed by atoms with Gasteiger partial charge in [-0.25, -0.2) is 8.78 Å². The van der Waals surface area contributed by atoms with Gasteiger partial charge in [-0.2, -0.15) is 0 Å². The SMILES string of the molecule is CCNC(c1cc(C)ccc1F)c1ncccc1F. The maximum Gasteiger partial charge on any atom is 0.146 e. The molecule has 1 aromatic heterocycles. The van der Waals surface area contributed by atoms with E-state index in [9.17, 15) is 8.78 Å². The van der Waals surface area contributed by atoms with Gasteiger partial charge in [0.2, 0.25) is 0 Å². The molecule has 0 aliphatic carbocycles. The number of halogens is 2. The summed E-state index contributed by atoms with van der Waals surface area (Å²) in [5, 5.41) is 3.08. The second kappa shape index (κ2) is 5.89. The van der Waals surface area contributed by atoms with Crippen LogP contribution in [0.5, 0.6) is 0 Å². The predicted octanol–water partition coefficient (Wildman–Crippen LogP) is 3.37. The molecule has 100 valence electrons. The van der Waals surface area contributed by atoms with Gasteiger partial charge in [0.15, 0.2) is 0 Å². The second-order valence-electron chi connectivity index (χ2n) is 4.39. The fourth-order valence-corrected chi connectivity index (χ4v) is 2.05. The fraction of sp³-hybridized carbons (Fsp3) is 0.267. The van der Waals surface area contributed by atoms with Crippen LogP contribution in [-0.4, -0.2) is 11.5 Å². The summed E-state index contributed by atoms with van der Waals surface area (Å²) in [6.07, 6.45) is 1.51. The van der Waals surface area contributed by atoms with Crippen molar-refractivity contribution in [3.63, 3.8) is 0 Å². The molecule has 1 heterocycles. The number of hydrogen-bond acceptors (Lipinski definition) is 2. The van der Waals surface area contributed by atoms with E-state index in [-0.39, 0.29) is 11.5 Å². The minimum Gasteiger partial charge on any atom is -0.305 e. The van der Waals surface area contributed by atoms with Crippen molar-refractivity contribution in [3.8, 4) is 0 Å². The molecular weight excluding hydrogens is 246 g/mol. The van der Waals surface area contributed by atoms with Gasteiger partial charge in [-0.15, -0.1) is 0 Å². The summed E-state index contributed by atoms with van der Waals surface area (Å²) >= 11 is 0. The standard InChI is InChI=1S/C15H16F2N2/c1-3-18-14(15-13(17)5-4-8-19-15)11-9-10(2)6-7-12(11)16/h4-9,14,18H,3H2,1-2H3. The highest BCUT2D eigenvalue weighted by molar-refractivity contribution is 5.32. The van der Waals surface area contributed by atoms with Crippen molar-refractivity contribution in [2.45, 2.75) is 19.9 Å². The Morgan fingerprint density at radius 3 is 2.68 bits per heavy atom. The predicted molar refractivity (Wildman–Crippen MR) is 70.9 cm³/mol. The van der Waals surface area contributed by atoms with Crippen LogP contribution in [0.15, 0.2) is 36.5 Å². The van der Waals surface area contributed by atoms with Crippen molar-refractivity contribution in [2.75, 3.05) is 6.54 Å². The molecule has 4 heteroatoms. The first-order chi connectivity index (χ1) is 9.13. The van der Waals surface area contributed by atoms with Gasteiger partial charge in [-0.05, 0) is 31.7 Å². The third kappa shape index (κ3) is 2.96. The maximum atomic E-state index is 14.0. The van der Waals surface area contributed by atoms with E-state index in [0.29, 0.717) is 12.1 Å². The van der Waals surface area contributed by atoms with Crippen LogP contribution >= 0.6 is 0 Å². The first kappa shape index (κ1) is 13.6. The minimum absolute atomic E-state index is 0.217. The number of hydrogen-bond donors (Lipinski definition) is 1. The summed E-state index contributed by atoms with van der Waals surface area (Å²) in [5.74, 6) is -0.795. The van der Waals surface area contributed by atoms with Crippen molar-refractivity contribution >= 4 is 0 Å². The Morgan fingerprint density at radius 2 is 2.00 bits per heavy atom. The number of nitrogens with one attached hydrogen (secondary N) is 1. The maximum absolute atomic E-state index is 14.0. The van der Waals surface area contributed by atoms with Crippen molar-refractivity contribution in [1.29, 1.82) is 0 Å². The minimum atomic E-state index is -0.578. The van der Waals surface area contributed by atoms with E-state index in [2.05, 4.69) is 10.3 Å². The first-order valence-electron chi connectivity index (χ1n) is 6.23. The van der Waals surface area contributed by atoms with E-state index < -0.39 is 11.9 Å². The monoisotopic (exact) mass is 262 g/mol. The van der Waals surface area contributed by atoms with Crippen LogP contribution in [-0.2, 0) is 0 Å². The lowest BCUT2D eigenvalue weighted by Crippen LogP contribution is -2.25. The van der Waals surface area contributed by atoms with Gasteiger partial charge in [0.25, 0.3) is 0 Å². The molecule has 1 aromatic carbocycles. The summed E-state index contributed by atoms with van der Waals surface area (Å²) in [6.45, 7) is 4.36. The van der Waals surface area contributed by atoms with E-state index in [4.69, 9.17) is 0 Å². The summed E-state index contributed by atoms with van der Waals surface area (Å²) in [4.78, 5) is 4.04. The molecule has 1 N–H and O–H groups in total. The number of pyridine rings is 1. The van der Waals surface area contributed by atoms with Crippen LogP contribution in [0, 0.1) is 18.6 Å². The molecule has 0 bridgehead atoms. The summed E-state index contributed by atoms with van der Waals surface area (Å²) in [5.41, 5.74) is 1.56. The molecule has 0 aliphatic heterocycles. The topological polar surface area (TPSA) is 24.9 Å². The molecular formula is C15H16F2N2. The van der Waals surface area contributed by atoms with Crippen LogP contribution in [0.4, 0.5) is 8.78 Å². The highest BCUT2D eigenvalue weighted by Gasteiger charge is 2.21. The van der Waals surface area contributed by atoms with Gasteiger partial charge in [-0.3, -0.25) is 4.98 Å². The zero-order chi connectivity index (χ0) is 13.8. The Morgan fingerprint density at radius 1 is 1.21 bits per heavy atom. The van der Waals surface area contributed by atoms with Crippen molar-refractivity contribution in [2.24, 2.45) is 0 Å². The third-order valence-corrected chi connectivity index (χ3v) is 2.93. The molecule has 0 amide bonds. The Hall–Kier alpha value is -1.81. The molecule has 0 saturated heterocycles. The van der Waals surface area contributed by atoms with Crippen molar-refractivity contribution in [1.82, 2.24) is 10.3 Å². The Balaban J connectivity index is 2.51. The first-order valence-corrected chi connectivity index (χ1v) is 6.23. The normalized spacial score (nSPS) is 12.4. The molecule has 0 radical (unpaired) electrons. The van der Waals surface area contributed by atoms with E-state index in [1.54, 1.807) is 12.1 Å².